The molecule has 0 spiro atoms. The average molecular weight is 346 g/mol. The summed E-state index contributed by atoms with van der Waals surface area (Å²) in [5.41, 5.74) is 8.07. The van der Waals surface area contributed by atoms with E-state index in [1.807, 2.05) is 32.9 Å². The van der Waals surface area contributed by atoms with Gasteiger partial charge in [-0.1, -0.05) is 12.1 Å². The van der Waals surface area contributed by atoms with Crippen LogP contribution in [-0.2, 0) is 14.3 Å². The molecular weight excluding hydrogens is 320 g/mol. The third-order valence-corrected chi connectivity index (χ3v) is 3.75. The Bertz CT molecular complexity index is 689. The molecule has 0 saturated heterocycles. The van der Waals surface area contributed by atoms with Gasteiger partial charge >= 0.3 is 12.1 Å². The molecular formula is C19H26N2O4. The molecule has 0 fully saturated rings. The van der Waals surface area contributed by atoms with Crippen LogP contribution in [0.25, 0.3) is 5.57 Å². The van der Waals surface area contributed by atoms with Crippen molar-refractivity contribution < 1.29 is 19.1 Å². The highest BCUT2D eigenvalue weighted by atomic mass is 16.6. The van der Waals surface area contributed by atoms with Gasteiger partial charge in [0.25, 0.3) is 0 Å². The molecule has 0 aliphatic carbocycles. The molecule has 0 saturated carbocycles. The van der Waals surface area contributed by atoms with Crippen LogP contribution in [0.2, 0.25) is 0 Å². The Morgan fingerprint density at radius 1 is 1.28 bits per heavy atom. The Morgan fingerprint density at radius 3 is 2.60 bits per heavy atom. The van der Waals surface area contributed by atoms with Crippen LogP contribution >= 0.6 is 0 Å². The lowest BCUT2D eigenvalue weighted by molar-refractivity contribution is -0.138. The largest absolute Gasteiger partial charge is 0.463 e. The average Bonchev–Trinajstić information content (AvgIpc) is 2.53. The zero-order chi connectivity index (χ0) is 18.6. The van der Waals surface area contributed by atoms with Gasteiger partial charge in [-0.05, 0) is 57.4 Å². The van der Waals surface area contributed by atoms with E-state index in [4.69, 9.17) is 15.2 Å². The van der Waals surface area contributed by atoms with Crippen LogP contribution in [0.15, 0.2) is 29.8 Å². The SMILES string of the molecule is CCOC(=O)C1=C(c2cccc(N)c2)CN(C(=O)OC(C)(C)C)CC1. The van der Waals surface area contributed by atoms with Crippen molar-refractivity contribution in [3.63, 3.8) is 0 Å². The van der Waals surface area contributed by atoms with Gasteiger partial charge in [0.15, 0.2) is 0 Å². The lowest BCUT2D eigenvalue weighted by atomic mass is 9.93. The van der Waals surface area contributed by atoms with Crippen LogP contribution in [0, 0.1) is 0 Å². The third kappa shape index (κ3) is 4.98. The first-order valence-electron chi connectivity index (χ1n) is 8.44. The Hall–Kier alpha value is -2.50. The highest BCUT2D eigenvalue weighted by Crippen LogP contribution is 2.29. The van der Waals surface area contributed by atoms with E-state index < -0.39 is 11.7 Å². The van der Waals surface area contributed by atoms with Crippen LogP contribution in [0.5, 0.6) is 0 Å². The molecule has 1 aromatic carbocycles. The number of ether oxygens (including phenoxy) is 2. The highest BCUT2D eigenvalue weighted by molar-refractivity contribution is 5.99. The van der Waals surface area contributed by atoms with Crippen LogP contribution in [0.3, 0.4) is 0 Å². The molecule has 136 valence electrons. The fourth-order valence-electron chi connectivity index (χ4n) is 2.68. The molecule has 6 nitrogen and oxygen atoms in total. The van der Waals surface area contributed by atoms with Crippen LogP contribution < -0.4 is 5.73 Å². The van der Waals surface area contributed by atoms with E-state index in [2.05, 4.69) is 0 Å². The summed E-state index contributed by atoms with van der Waals surface area (Å²) < 4.78 is 10.6. The van der Waals surface area contributed by atoms with Crippen molar-refractivity contribution >= 4 is 23.3 Å². The second kappa shape index (κ2) is 7.59. The number of amides is 1. The quantitative estimate of drug-likeness (QED) is 0.671. The monoisotopic (exact) mass is 346 g/mol. The minimum atomic E-state index is -0.570. The number of hydrogen-bond acceptors (Lipinski definition) is 5. The summed E-state index contributed by atoms with van der Waals surface area (Å²) in [5, 5.41) is 0. The second-order valence-electron chi connectivity index (χ2n) is 6.95. The van der Waals surface area contributed by atoms with Crippen LogP contribution in [0.4, 0.5) is 10.5 Å². The zero-order valence-corrected chi connectivity index (χ0v) is 15.3. The molecule has 1 heterocycles. The van der Waals surface area contributed by atoms with Crippen molar-refractivity contribution in [1.29, 1.82) is 0 Å². The number of hydrogen-bond donors (Lipinski definition) is 1. The number of rotatable bonds is 3. The number of esters is 1. The van der Waals surface area contributed by atoms with Gasteiger partial charge in [0, 0.05) is 17.8 Å². The van der Waals surface area contributed by atoms with Gasteiger partial charge in [0.2, 0.25) is 0 Å². The smallest absolute Gasteiger partial charge is 0.410 e. The van der Waals surface area contributed by atoms with Crippen molar-refractivity contribution in [3.05, 3.63) is 35.4 Å². The van der Waals surface area contributed by atoms with E-state index in [-0.39, 0.29) is 12.5 Å². The number of anilines is 1. The fraction of sp³-hybridized carbons (Fsp3) is 0.474. The Kier molecular flexibility index (Phi) is 5.72. The maximum Gasteiger partial charge on any atom is 0.410 e. The molecule has 0 radical (unpaired) electrons. The lowest BCUT2D eigenvalue weighted by Gasteiger charge is -2.32. The predicted molar refractivity (Wildman–Crippen MR) is 96.8 cm³/mol. The summed E-state index contributed by atoms with van der Waals surface area (Å²) in [6.45, 7) is 8.26. The standard InChI is InChI=1S/C19H26N2O4/c1-5-24-17(22)15-9-10-21(18(23)25-19(2,3)4)12-16(15)13-7-6-8-14(20)11-13/h6-8,11H,5,9-10,12,20H2,1-4H3. The van der Waals surface area contributed by atoms with Crippen molar-refractivity contribution in [2.45, 2.75) is 39.7 Å². The van der Waals surface area contributed by atoms with E-state index in [0.29, 0.717) is 30.8 Å². The Balaban J connectivity index is 2.34. The maximum atomic E-state index is 12.4. The molecule has 1 aliphatic rings. The first kappa shape index (κ1) is 18.8. The van der Waals surface area contributed by atoms with Gasteiger partial charge in [-0.2, -0.15) is 0 Å². The summed E-state index contributed by atoms with van der Waals surface area (Å²) in [6.07, 6.45) is 0.0270. The zero-order valence-electron chi connectivity index (χ0n) is 15.3. The molecule has 2 N–H and O–H groups in total. The van der Waals surface area contributed by atoms with Gasteiger partial charge in [-0.15, -0.1) is 0 Å². The summed E-state index contributed by atoms with van der Waals surface area (Å²) >= 11 is 0. The van der Waals surface area contributed by atoms with E-state index in [1.54, 1.807) is 24.0 Å². The number of benzene rings is 1. The lowest BCUT2D eigenvalue weighted by Crippen LogP contribution is -2.41. The highest BCUT2D eigenvalue weighted by Gasteiger charge is 2.30. The molecule has 1 aliphatic heterocycles. The third-order valence-electron chi connectivity index (χ3n) is 3.75. The van der Waals surface area contributed by atoms with Gasteiger partial charge in [-0.3, -0.25) is 0 Å². The molecule has 0 unspecified atom stereocenters. The molecule has 0 bridgehead atoms. The molecule has 1 amide bonds. The van der Waals surface area contributed by atoms with E-state index >= 15 is 0 Å². The summed E-state index contributed by atoms with van der Waals surface area (Å²) in [4.78, 5) is 26.3. The summed E-state index contributed by atoms with van der Waals surface area (Å²) in [5.74, 6) is -0.344. The van der Waals surface area contributed by atoms with Gasteiger partial charge < -0.3 is 20.1 Å². The van der Waals surface area contributed by atoms with E-state index in [9.17, 15) is 9.59 Å². The first-order chi connectivity index (χ1) is 11.7. The fourth-order valence-corrected chi connectivity index (χ4v) is 2.68. The Morgan fingerprint density at radius 2 is 2.00 bits per heavy atom. The number of nitrogen functional groups attached to an aromatic ring is 1. The molecule has 0 aromatic heterocycles. The summed E-state index contributed by atoms with van der Waals surface area (Å²) in [6, 6.07) is 7.28. The van der Waals surface area contributed by atoms with E-state index in [1.165, 1.54) is 0 Å². The minimum absolute atomic E-state index is 0.284. The normalized spacial score (nSPS) is 15.1. The second-order valence-corrected chi connectivity index (χ2v) is 6.95. The van der Waals surface area contributed by atoms with Crippen LogP contribution in [0.1, 0.15) is 39.7 Å². The first-order valence-corrected chi connectivity index (χ1v) is 8.44. The molecule has 0 atom stereocenters. The van der Waals surface area contributed by atoms with Gasteiger partial charge in [0.1, 0.15) is 5.60 Å². The number of carbonyl (C=O) groups excluding carboxylic acids is 2. The van der Waals surface area contributed by atoms with Crippen molar-refractivity contribution in [3.8, 4) is 0 Å². The van der Waals surface area contributed by atoms with E-state index in [0.717, 1.165) is 11.1 Å². The van der Waals surface area contributed by atoms with Crippen LogP contribution in [-0.4, -0.2) is 42.3 Å². The molecule has 1 aromatic rings. The van der Waals surface area contributed by atoms with Crippen molar-refractivity contribution in [1.82, 2.24) is 4.90 Å². The molecule has 6 heteroatoms. The van der Waals surface area contributed by atoms with Gasteiger partial charge in [0.05, 0.1) is 13.2 Å². The topological polar surface area (TPSA) is 81.9 Å². The van der Waals surface area contributed by atoms with Crippen molar-refractivity contribution in [2.24, 2.45) is 0 Å². The maximum absolute atomic E-state index is 12.4. The summed E-state index contributed by atoms with van der Waals surface area (Å²) in [7, 11) is 0. The Labute approximate surface area is 148 Å². The minimum Gasteiger partial charge on any atom is -0.463 e. The predicted octanol–water partition coefficient (Wildman–Crippen LogP) is 3.23. The van der Waals surface area contributed by atoms with Crippen molar-refractivity contribution in [2.75, 3.05) is 25.4 Å². The number of nitrogens with two attached hydrogens (primary N) is 1. The number of nitrogens with zero attached hydrogens (tertiary/aromatic N) is 1. The van der Waals surface area contributed by atoms with Gasteiger partial charge in [-0.25, -0.2) is 9.59 Å². The number of carbonyl (C=O) groups is 2. The molecule has 25 heavy (non-hydrogen) atoms. The molecule has 2 rings (SSSR count).